The minimum atomic E-state index is -3.98. The summed E-state index contributed by atoms with van der Waals surface area (Å²) in [4.78, 5) is 9.63. The molecule has 0 N–H and O–H groups in total. The zero-order valence-corrected chi connectivity index (χ0v) is 34.3. The molecule has 19 rings (SSSR count). The molecule has 1 aromatic rings. The van der Waals surface area contributed by atoms with Gasteiger partial charge in [-0.05, 0) is 0 Å². The fraction of sp³-hybridized carbons (Fsp3) is 0.870. The number of fused-ring (bicyclic) bond motifs is 10. The third-order valence-electron chi connectivity index (χ3n) is 28.4. The second kappa shape index (κ2) is 4.73. The molecule has 18 fully saturated rings. The zero-order chi connectivity index (χ0) is 32.4. The predicted molar refractivity (Wildman–Crippen MR) is 205 cm³/mol. The molecule has 0 radical (unpaired) electrons. The van der Waals surface area contributed by atoms with Gasteiger partial charge < -0.3 is 0 Å². The van der Waals surface area contributed by atoms with Crippen molar-refractivity contribution >= 4 is 15.8 Å². The van der Waals surface area contributed by atoms with Gasteiger partial charge >= 0.3 is 292 Å². The van der Waals surface area contributed by atoms with Crippen LogP contribution in [0.1, 0.15) is 111 Å². The quantitative estimate of drug-likeness (QED) is 0.193. The van der Waals surface area contributed by atoms with Crippen molar-refractivity contribution in [2.45, 2.75) is 174 Å². The summed E-state index contributed by atoms with van der Waals surface area (Å²) in [5.74, 6) is 9.29. The first kappa shape index (κ1) is 27.2. The van der Waals surface area contributed by atoms with Crippen molar-refractivity contribution in [3.8, 4) is 0 Å². The third-order valence-corrected chi connectivity index (χ3v) is 81.5. The average molecular weight is 735 g/mol. The van der Waals surface area contributed by atoms with E-state index in [-0.39, 0.29) is 15.8 Å². The summed E-state index contributed by atoms with van der Waals surface area (Å²) in [6.07, 6.45) is 20.5. The van der Waals surface area contributed by atoms with Crippen LogP contribution >= 0.6 is 15.8 Å². The van der Waals surface area contributed by atoms with Crippen molar-refractivity contribution < 1.29 is 6.51 Å². The summed E-state index contributed by atoms with van der Waals surface area (Å²) in [5, 5.41) is 0.979. The van der Waals surface area contributed by atoms with Crippen LogP contribution in [0.3, 0.4) is 0 Å². The van der Waals surface area contributed by atoms with Gasteiger partial charge in [-0.1, -0.05) is 0 Å². The molecule has 1 spiro atoms. The SMILES string of the molecule is CC(C)(C)P(C[C]12[CH]3[C]4(c5ccccc5)[CH]5[C]1(CP(C1C6CC7CC(C6)CC1C7)C1C6CC7CC(C6)CC1C7)[Fe]53421678[CH]2[CH]1[CH]6[CH]7[CH]28)C(C)(C)C. The molecule has 10 heterocycles. The van der Waals surface area contributed by atoms with Crippen LogP contribution in [-0.4, -0.2) is 34.0 Å². The molecule has 0 amide bonds. The Labute approximate surface area is 290 Å². The van der Waals surface area contributed by atoms with Crippen molar-refractivity contribution in [1.29, 1.82) is 0 Å². The van der Waals surface area contributed by atoms with Gasteiger partial charge in [-0.15, -0.1) is 0 Å². The van der Waals surface area contributed by atoms with Crippen LogP contribution in [0, 0.1) is 47.3 Å². The molecule has 8 aliphatic carbocycles. The molecule has 1 aromatic carbocycles. The van der Waals surface area contributed by atoms with Gasteiger partial charge in [-0.25, -0.2) is 0 Å². The first-order valence-electron chi connectivity index (χ1n) is 22.0. The fourth-order valence-corrected chi connectivity index (χ4v) is 125. The summed E-state index contributed by atoms with van der Waals surface area (Å²) >= 11 is 0. The van der Waals surface area contributed by atoms with Crippen molar-refractivity contribution in [2.24, 2.45) is 47.3 Å². The van der Waals surface area contributed by atoms with Crippen molar-refractivity contribution in [2.75, 3.05) is 12.3 Å². The van der Waals surface area contributed by atoms with Gasteiger partial charge in [-0.3, -0.25) is 0 Å². The van der Waals surface area contributed by atoms with Crippen LogP contribution in [0.2, 0.25) is 42.3 Å². The van der Waals surface area contributed by atoms with Crippen molar-refractivity contribution in [3.63, 3.8) is 0 Å². The Hall–Kier alpha value is 0.599. The number of rotatable bonds is 7. The van der Waals surface area contributed by atoms with E-state index in [0.29, 0.717) is 10.3 Å². The van der Waals surface area contributed by atoms with E-state index >= 15 is 0 Å². The Balaban J connectivity index is 0.904. The van der Waals surface area contributed by atoms with E-state index < -0.39 is 6.51 Å². The summed E-state index contributed by atoms with van der Waals surface area (Å²) in [7, 11) is 0.168. The molecule has 8 saturated carbocycles. The van der Waals surface area contributed by atoms with E-state index in [4.69, 9.17) is 0 Å². The van der Waals surface area contributed by atoms with E-state index in [9.17, 15) is 0 Å². The van der Waals surface area contributed by atoms with Crippen LogP contribution in [0.5, 0.6) is 0 Å². The maximum atomic E-state index is 2.76. The molecule has 10 aliphatic heterocycles. The molecule has 8 bridgehead atoms. The Kier molecular flexibility index (Phi) is 2.63. The average Bonchev–Trinajstić information content (AvgIpc) is 3.98. The summed E-state index contributed by atoms with van der Waals surface area (Å²) < 4.78 is 2.79. The summed E-state index contributed by atoms with van der Waals surface area (Å²) in [6, 6.07) is 12.9. The first-order chi connectivity index (χ1) is 23.2. The first-order valence-corrected chi connectivity index (χ1v) is 31.3. The van der Waals surface area contributed by atoms with E-state index in [1.54, 1.807) is 70.4 Å². The van der Waals surface area contributed by atoms with Crippen LogP contribution in [0.25, 0.3) is 0 Å². The Bertz CT molecular complexity index is 2110. The van der Waals surface area contributed by atoms with Crippen LogP contribution in [0.15, 0.2) is 30.3 Å². The van der Waals surface area contributed by atoms with Gasteiger partial charge in [0.1, 0.15) is 0 Å². The molecule has 0 nitrogen and oxygen atoms in total. The molecule has 5 atom stereocenters. The van der Waals surface area contributed by atoms with E-state index in [2.05, 4.69) is 71.9 Å². The number of benzene rings is 1. The zero-order valence-electron chi connectivity index (χ0n) is 31.4. The molecule has 10 saturated heterocycles. The standard InChI is InChI=1S/C41H59P2.C5H5.Fe/c1-40(2,3)43(41(4,5)6)25-37-23-31(30-10-8-7-9-11-30)22-36(37)24-42(38-32-14-26-12-27(16-32)17-33(38)15-26)39-34-18-28-13-29(20-34)21-35(39)19-28;1-2-4-5-3-1;/h7-11,22-23,26-29,32-35,38-39H,12-21,24-25H2,1-6H3;1-5H;. The van der Waals surface area contributed by atoms with Gasteiger partial charge in [0.25, 0.3) is 0 Å². The van der Waals surface area contributed by atoms with E-state index in [1.165, 1.54) is 68.7 Å². The second-order valence-electron chi connectivity index (χ2n) is 27.0. The molecule has 5 unspecified atom stereocenters. The molecule has 0 aromatic heterocycles. The van der Waals surface area contributed by atoms with Crippen LogP contribution < -0.4 is 0 Å². The molecular formula is C46H64FeP2. The number of hydrogen-bond donors (Lipinski definition) is 0. The molecule has 18 aliphatic rings. The van der Waals surface area contributed by atoms with Crippen LogP contribution in [0.4, 0.5) is 0 Å². The van der Waals surface area contributed by atoms with Gasteiger partial charge in [0.05, 0.1) is 0 Å². The second-order valence-corrected chi connectivity index (χ2v) is 56.4. The summed E-state index contributed by atoms with van der Waals surface area (Å²) in [6.45, 7) is 12.3. The van der Waals surface area contributed by atoms with Gasteiger partial charge in [0.15, 0.2) is 0 Å². The topological polar surface area (TPSA) is 0 Å². The van der Waals surface area contributed by atoms with Crippen molar-refractivity contribution in [1.82, 2.24) is 0 Å². The molecule has 266 valence electrons. The predicted octanol–water partition coefficient (Wildman–Crippen LogP) is 13.4. The number of hydrogen-bond acceptors (Lipinski definition) is 0. The molecule has 3 heteroatoms. The molecular weight excluding hydrogens is 670 g/mol. The van der Waals surface area contributed by atoms with E-state index in [1.807, 2.05) is 11.7 Å². The Morgan fingerprint density at radius 2 is 0.939 bits per heavy atom. The maximum absolute atomic E-state index is 3.98. The fourth-order valence-electron chi connectivity index (χ4n) is 31.5. The third kappa shape index (κ3) is 0.910. The minimum absolute atomic E-state index is 0.00320. The summed E-state index contributed by atoms with van der Waals surface area (Å²) in [5.41, 5.74) is 4.44. The van der Waals surface area contributed by atoms with Gasteiger partial charge in [-0.2, -0.15) is 0 Å². The monoisotopic (exact) mass is 734 g/mol. The van der Waals surface area contributed by atoms with E-state index in [0.717, 1.165) is 36.6 Å². The van der Waals surface area contributed by atoms with Crippen molar-refractivity contribution in [3.05, 3.63) is 35.9 Å². The van der Waals surface area contributed by atoms with Crippen LogP contribution in [-0.2, 0) is 10.8 Å². The normalized spacial score (nSPS) is 76.1. The van der Waals surface area contributed by atoms with Gasteiger partial charge in [0, 0.05) is 0 Å². The Morgan fingerprint density at radius 1 is 0.551 bits per heavy atom. The molecule has 49 heavy (non-hydrogen) atoms. The van der Waals surface area contributed by atoms with Gasteiger partial charge in [0.2, 0.25) is 0 Å². The Morgan fingerprint density at radius 3 is 1.31 bits per heavy atom.